The molecule has 76 valence electrons. The predicted molar refractivity (Wildman–Crippen MR) is 51.6 cm³/mol. The van der Waals surface area contributed by atoms with Crippen LogP contribution in [0.25, 0.3) is 0 Å². The summed E-state index contributed by atoms with van der Waals surface area (Å²) in [6.07, 6.45) is 0.940. The van der Waals surface area contributed by atoms with Gasteiger partial charge in [-0.05, 0) is 19.8 Å². The van der Waals surface area contributed by atoms with Gasteiger partial charge in [0.15, 0.2) is 0 Å². The number of nitrogens with zero attached hydrogens (tertiary/aromatic N) is 1. The summed E-state index contributed by atoms with van der Waals surface area (Å²) in [6, 6.07) is 0. The van der Waals surface area contributed by atoms with Crippen LogP contribution in [-0.2, 0) is 4.74 Å². The first-order chi connectivity index (χ1) is 5.94. The molecule has 13 heavy (non-hydrogen) atoms. The maximum absolute atomic E-state index is 11.3. The standard InChI is InChI=1S/C10H19NO2/c1-5-8(2)6-11-7-10(3,4)13-9(11)12/h8H,5-7H2,1-4H3. The first kappa shape index (κ1) is 10.4. The van der Waals surface area contributed by atoms with Crippen molar-refractivity contribution in [2.75, 3.05) is 13.1 Å². The van der Waals surface area contributed by atoms with Gasteiger partial charge in [0.2, 0.25) is 0 Å². The molecule has 0 aromatic heterocycles. The fraction of sp³-hybridized carbons (Fsp3) is 0.900. The maximum Gasteiger partial charge on any atom is 0.410 e. The van der Waals surface area contributed by atoms with E-state index in [-0.39, 0.29) is 11.7 Å². The topological polar surface area (TPSA) is 29.5 Å². The Morgan fingerprint density at radius 3 is 2.62 bits per heavy atom. The summed E-state index contributed by atoms with van der Waals surface area (Å²) in [7, 11) is 0. The molecular formula is C10H19NO2. The molecule has 3 nitrogen and oxygen atoms in total. The van der Waals surface area contributed by atoms with Crippen LogP contribution in [-0.4, -0.2) is 29.7 Å². The number of hydrogen-bond donors (Lipinski definition) is 0. The van der Waals surface area contributed by atoms with E-state index in [0.29, 0.717) is 5.92 Å². The van der Waals surface area contributed by atoms with Crippen LogP contribution in [0, 0.1) is 5.92 Å². The van der Waals surface area contributed by atoms with Crippen molar-refractivity contribution in [1.82, 2.24) is 4.90 Å². The lowest BCUT2D eigenvalue weighted by atomic mass is 10.1. The molecule has 1 unspecified atom stereocenters. The molecule has 0 N–H and O–H groups in total. The average molecular weight is 185 g/mol. The van der Waals surface area contributed by atoms with Crippen LogP contribution in [0.2, 0.25) is 0 Å². The van der Waals surface area contributed by atoms with Crippen molar-refractivity contribution in [3.05, 3.63) is 0 Å². The van der Waals surface area contributed by atoms with E-state index in [0.717, 1.165) is 19.5 Å². The van der Waals surface area contributed by atoms with Crippen molar-refractivity contribution in [2.45, 2.75) is 39.7 Å². The van der Waals surface area contributed by atoms with E-state index in [1.807, 2.05) is 13.8 Å². The summed E-state index contributed by atoms with van der Waals surface area (Å²) in [6.45, 7) is 9.72. The Bertz CT molecular complexity index is 201. The van der Waals surface area contributed by atoms with E-state index in [1.54, 1.807) is 4.90 Å². The van der Waals surface area contributed by atoms with Gasteiger partial charge in [-0.3, -0.25) is 0 Å². The summed E-state index contributed by atoms with van der Waals surface area (Å²) >= 11 is 0. The lowest BCUT2D eigenvalue weighted by Crippen LogP contribution is -2.31. The zero-order valence-corrected chi connectivity index (χ0v) is 8.96. The highest BCUT2D eigenvalue weighted by molar-refractivity contribution is 5.70. The Kier molecular flexibility index (Phi) is 2.84. The molecule has 1 heterocycles. The van der Waals surface area contributed by atoms with E-state index in [1.165, 1.54) is 0 Å². The zero-order valence-electron chi connectivity index (χ0n) is 8.96. The van der Waals surface area contributed by atoms with Crippen LogP contribution < -0.4 is 0 Å². The molecule has 0 aromatic rings. The third-order valence-electron chi connectivity index (χ3n) is 2.42. The fourth-order valence-electron chi connectivity index (χ4n) is 1.50. The van der Waals surface area contributed by atoms with Crippen molar-refractivity contribution in [3.63, 3.8) is 0 Å². The molecule has 1 rings (SSSR count). The minimum Gasteiger partial charge on any atom is -0.441 e. The second kappa shape index (κ2) is 3.56. The number of carbonyl (C=O) groups is 1. The maximum atomic E-state index is 11.3. The van der Waals surface area contributed by atoms with E-state index < -0.39 is 0 Å². The monoisotopic (exact) mass is 185 g/mol. The summed E-state index contributed by atoms with van der Waals surface area (Å²) in [4.78, 5) is 13.1. The van der Waals surface area contributed by atoms with Gasteiger partial charge in [0.1, 0.15) is 5.60 Å². The molecule has 1 fully saturated rings. The van der Waals surface area contributed by atoms with Crippen LogP contribution in [0.3, 0.4) is 0 Å². The predicted octanol–water partition coefficient (Wildman–Crippen LogP) is 2.26. The Balaban J connectivity index is 2.49. The molecule has 1 aliphatic heterocycles. The van der Waals surface area contributed by atoms with Crippen molar-refractivity contribution >= 4 is 6.09 Å². The highest BCUT2D eigenvalue weighted by Crippen LogP contribution is 2.22. The molecule has 1 atom stereocenters. The second-order valence-corrected chi connectivity index (χ2v) is 4.52. The van der Waals surface area contributed by atoms with E-state index in [2.05, 4.69) is 13.8 Å². The van der Waals surface area contributed by atoms with E-state index in [4.69, 9.17) is 4.74 Å². The summed E-state index contributed by atoms with van der Waals surface area (Å²) in [5, 5.41) is 0. The number of carbonyl (C=O) groups excluding carboxylic acids is 1. The number of ether oxygens (including phenoxy) is 1. The van der Waals surface area contributed by atoms with Crippen molar-refractivity contribution in [2.24, 2.45) is 5.92 Å². The lowest BCUT2D eigenvalue weighted by Gasteiger charge is -2.18. The van der Waals surface area contributed by atoms with Gasteiger partial charge < -0.3 is 9.64 Å². The highest BCUT2D eigenvalue weighted by Gasteiger charge is 2.37. The minimum atomic E-state index is -0.301. The Hall–Kier alpha value is -0.730. The summed E-state index contributed by atoms with van der Waals surface area (Å²) < 4.78 is 5.19. The molecular weight excluding hydrogens is 166 g/mol. The molecule has 0 aliphatic carbocycles. The number of rotatable bonds is 3. The van der Waals surface area contributed by atoms with Gasteiger partial charge in [0.05, 0.1) is 6.54 Å². The SMILES string of the molecule is CCC(C)CN1CC(C)(C)OC1=O. The molecule has 1 saturated heterocycles. The van der Waals surface area contributed by atoms with Crippen LogP contribution in [0.4, 0.5) is 4.79 Å². The number of cyclic esters (lactones) is 1. The van der Waals surface area contributed by atoms with E-state index in [9.17, 15) is 4.79 Å². The van der Waals surface area contributed by atoms with Crippen LogP contribution in [0.1, 0.15) is 34.1 Å². The third kappa shape index (κ3) is 2.61. The molecule has 0 bridgehead atoms. The molecule has 0 aromatic carbocycles. The highest BCUT2D eigenvalue weighted by atomic mass is 16.6. The van der Waals surface area contributed by atoms with Gasteiger partial charge in [-0.1, -0.05) is 20.3 Å². The molecule has 0 saturated carbocycles. The quantitative estimate of drug-likeness (QED) is 0.675. The van der Waals surface area contributed by atoms with Gasteiger partial charge in [0.25, 0.3) is 0 Å². The van der Waals surface area contributed by atoms with Crippen molar-refractivity contribution in [1.29, 1.82) is 0 Å². The first-order valence-corrected chi connectivity index (χ1v) is 4.92. The normalized spacial score (nSPS) is 23.1. The van der Waals surface area contributed by atoms with E-state index >= 15 is 0 Å². The Labute approximate surface area is 80.1 Å². The van der Waals surface area contributed by atoms with Crippen LogP contribution >= 0.6 is 0 Å². The van der Waals surface area contributed by atoms with Gasteiger partial charge in [-0.2, -0.15) is 0 Å². The van der Waals surface area contributed by atoms with Gasteiger partial charge in [-0.25, -0.2) is 4.79 Å². The average Bonchev–Trinajstić information content (AvgIpc) is 2.24. The van der Waals surface area contributed by atoms with Gasteiger partial charge >= 0.3 is 6.09 Å². The Morgan fingerprint density at radius 2 is 2.23 bits per heavy atom. The first-order valence-electron chi connectivity index (χ1n) is 4.92. The molecule has 0 radical (unpaired) electrons. The van der Waals surface area contributed by atoms with Gasteiger partial charge in [0, 0.05) is 6.54 Å². The molecule has 3 heteroatoms. The fourth-order valence-corrected chi connectivity index (χ4v) is 1.50. The molecule has 1 aliphatic rings. The zero-order chi connectivity index (χ0) is 10.1. The summed E-state index contributed by atoms with van der Waals surface area (Å²) in [5.41, 5.74) is -0.301. The van der Waals surface area contributed by atoms with Crippen LogP contribution in [0.15, 0.2) is 0 Å². The van der Waals surface area contributed by atoms with Crippen LogP contribution in [0.5, 0.6) is 0 Å². The largest absolute Gasteiger partial charge is 0.441 e. The Morgan fingerprint density at radius 1 is 1.62 bits per heavy atom. The van der Waals surface area contributed by atoms with Gasteiger partial charge in [-0.15, -0.1) is 0 Å². The summed E-state index contributed by atoms with van der Waals surface area (Å²) in [5.74, 6) is 0.557. The number of hydrogen-bond acceptors (Lipinski definition) is 2. The molecule has 1 amide bonds. The second-order valence-electron chi connectivity index (χ2n) is 4.52. The van der Waals surface area contributed by atoms with Crippen molar-refractivity contribution < 1.29 is 9.53 Å². The third-order valence-corrected chi connectivity index (χ3v) is 2.42. The van der Waals surface area contributed by atoms with Crippen molar-refractivity contribution in [3.8, 4) is 0 Å². The lowest BCUT2D eigenvalue weighted by molar-refractivity contribution is 0.0857. The number of amides is 1. The smallest absolute Gasteiger partial charge is 0.410 e. The molecule has 0 spiro atoms. The minimum absolute atomic E-state index is 0.162.